The second kappa shape index (κ2) is 14.4. The molecule has 15 nitrogen and oxygen atoms in total. The lowest BCUT2D eigenvalue weighted by Crippen LogP contribution is -2.58. The molecule has 0 radical (unpaired) electrons. The van der Waals surface area contributed by atoms with Gasteiger partial charge < -0.3 is 42.7 Å². The summed E-state index contributed by atoms with van der Waals surface area (Å²) >= 11 is 0. The van der Waals surface area contributed by atoms with Crippen LogP contribution in [0, 0.1) is 5.92 Å². The summed E-state index contributed by atoms with van der Waals surface area (Å²) in [7, 11) is 0. The molecule has 0 bridgehead atoms. The molecule has 0 aromatic carbocycles. The SMILES string of the molecule is CCC(C)C(NC(=O)C(CCC(N)=O)NC(=O)C(CC(=O)O)NC(=O)C(N)CC(=O)O)C(=O)O. The Bertz CT molecular complexity index is 802. The molecular formula is C19H31N5O10. The molecule has 0 fully saturated rings. The summed E-state index contributed by atoms with van der Waals surface area (Å²) in [6.07, 6.45) is -2.04. The molecule has 0 saturated carbocycles. The summed E-state index contributed by atoms with van der Waals surface area (Å²) in [6.45, 7) is 3.28. The van der Waals surface area contributed by atoms with E-state index in [0.717, 1.165) is 0 Å². The smallest absolute Gasteiger partial charge is 0.326 e. The number of hydrogen-bond acceptors (Lipinski definition) is 8. The number of aliphatic carboxylic acids is 3. The largest absolute Gasteiger partial charge is 0.481 e. The average Bonchev–Trinajstić information content (AvgIpc) is 2.72. The number of carbonyl (C=O) groups is 7. The molecule has 0 heterocycles. The third-order valence-corrected chi connectivity index (χ3v) is 4.83. The molecule has 0 aromatic heterocycles. The Balaban J connectivity index is 5.65. The van der Waals surface area contributed by atoms with Crippen molar-refractivity contribution in [3.8, 4) is 0 Å². The van der Waals surface area contributed by atoms with Crippen LogP contribution >= 0.6 is 0 Å². The maximum atomic E-state index is 12.7. The Labute approximate surface area is 194 Å². The van der Waals surface area contributed by atoms with Crippen LogP contribution in [0.3, 0.4) is 0 Å². The lowest BCUT2D eigenvalue weighted by Gasteiger charge is -2.26. The number of primary amides is 1. The molecule has 0 aliphatic carbocycles. The lowest BCUT2D eigenvalue weighted by molar-refractivity contribution is -0.144. The Kier molecular flexibility index (Phi) is 12.8. The molecule has 0 aliphatic rings. The Hall–Kier alpha value is -3.75. The fourth-order valence-electron chi connectivity index (χ4n) is 2.71. The molecule has 192 valence electrons. The van der Waals surface area contributed by atoms with Gasteiger partial charge in [-0.25, -0.2) is 4.79 Å². The first kappa shape index (κ1) is 30.2. The van der Waals surface area contributed by atoms with Crippen LogP contribution in [0.4, 0.5) is 0 Å². The number of nitrogens with one attached hydrogen (secondary N) is 3. The summed E-state index contributed by atoms with van der Waals surface area (Å²) < 4.78 is 0. The predicted molar refractivity (Wildman–Crippen MR) is 114 cm³/mol. The van der Waals surface area contributed by atoms with E-state index in [-0.39, 0.29) is 12.8 Å². The van der Waals surface area contributed by atoms with Crippen molar-refractivity contribution in [2.24, 2.45) is 17.4 Å². The summed E-state index contributed by atoms with van der Waals surface area (Å²) in [4.78, 5) is 81.9. The van der Waals surface area contributed by atoms with Crippen molar-refractivity contribution >= 4 is 41.5 Å². The molecule has 34 heavy (non-hydrogen) atoms. The number of carboxylic acid groups (broad SMARTS) is 3. The fraction of sp³-hybridized carbons (Fsp3) is 0.632. The van der Waals surface area contributed by atoms with E-state index in [2.05, 4.69) is 10.6 Å². The van der Waals surface area contributed by atoms with E-state index in [1.165, 1.54) is 0 Å². The van der Waals surface area contributed by atoms with Crippen LogP contribution in [-0.4, -0.2) is 81.0 Å². The molecule has 4 amide bonds. The number of nitrogens with two attached hydrogens (primary N) is 2. The molecular weight excluding hydrogens is 458 g/mol. The second-order valence-corrected chi connectivity index (χ2v) is 7.64. The van der Waals surface area contributed by atoms with Gasteiger partial charge in [0, 0.05) is 6.42 Å². The highest BCUT2D eigenvalue weighted by molar-refractivity contribution is 5.96. The van der Waals surface area contributed by atoms with Crippen LogP contribution in [0.15, 0.2) is 0 Å². The Morgan fingerprint density at radius 3 is 1.74 bits per heavy atom. The van der Waals surface area contributed by atoms with E-state index < -0.39 is 84.5 Å². The molecule has 0 spiro atoms. The molecule has 0 aromatic rings. The molecule has 5 unspecified atom stereocenters. The number of amides is 4. The van der Waals surface area contributed by atoms with Gasteiger partial charge in [0.2, 0.25) is 23.6 Å². The van der Waals surface area contributed by atoms with E-state index in [1.54, 1.807) is 13.8 Å². The quantitative estimate of drug-likeness (QED) is 0.109. The summed E-state index contributed by atoms with van der Waals surface area (Å²) in [6, 6.07) is -6.14. The van der Waals surface area contributed by atoms with Gasteiger partial charge in [-0.1, -0.05) is 20.3 Å². The Morgan fingerprint density at radius 1 is 0.794 bits per heavy atom. The zero-order valence-corrected chi connectivity index (χ0v) is 18.8. The average molecular weight is 489 g/mol. The number of carbonyl (C=O) groups excluding carboxylic acids is 4. The third-order valence-electron chi connectivity index (χ3n) is 4.83. The van der Waals surface area contributed by atoms with Crippen LogP contribution in [0.25, 0.3) is 0 Å². The Morgan fingerprint density at radius 2 is 1.29 bits per heavy atom. The third kappa shape index (κ3) is 11.2. The number of rotatable bonds is 16. The van der Waals surface area contributed by atoms with Gasteiger partial charge in [-0.05, 0) is 12.3 Å². The van der Waals surface area contributed by atoms with Gasteiger partial charge in [0.15, 0.2) is 0 Å². The minimum Gasteiger partial charge on any atom is -0.481 e. The lowest BCUT2D eigenvalue weighted by atomic mass is 9.98. The first-order valence-corrected chi connectivity index (χ1v) is 10.3. The number of carboxylic acids is 3. The van der Waals surface area contributed by atoms with Gasteiger partial charge in [-0.2, -0.15) is 0 Å². The van der Waals surface area contributed by atoms with Crippen LogP contribution in [0.2, 0.25) is 0 Å². The zero-order valence-electron chi connectivity index (χ0n) is 18.8. The van der Waals surface area contributed by atoms with E-state index >= 15 is 0 Å². The second-order valence-electron chi connectivity index (χ2n) is 7.64. The molecule has 15 heteroatoms. The highest BCUT2D eigenvalue weighted by Gasteiger charge is 2.33. The molecule has 5 atom stereocenters. The van der Waals surface area contributed by atoms with Crippen molar-refractivity contribution in [1.29, 1.82) is 0 Å². The van der Waals surface area contributed by atoms with Crippen molar-refractivity contribution in [2.75, 3.05) is 0 Å². The minimum atomic E-state index is -1.75. The zero-order chi connectivity index (χ0) is 26.6. The monoisotopic (exact) mass is 489 g/mol. The first-order chi connectivity index (χ1) is 15.7. The summed E-state index contributed by atoms with van der Waals surface area (Å²) in [5, 5.41) is 33.6. The topological polar surface area (TPSA) is 268 Å². The highest BCUT2D eigenvalue weighted by Crippen LogP contribution is 2.09. The summed E-state index contributed by atoms with van der Waals surface area (Å²) in [5.74, 6) is -8.78. The maximum Gasteiger partial charge on any atom is 0.326 e. The number of hydrogen-bond donors (Lipinski definition) is 8. The standard InChI is InChI=1S/C19H31N5O10/c1-3-8(2)15(19(33)34)24-17(31)10(4-5-12(21)25)22-18(32)11(7-14(28)29)23-16(30)9(20)6-13(26)27/h8-11,15H,3-7,20H2,1-2H3,(H2,21,25)(H,22,32)(H,23,30)(H,24,31)(H,26,27)(H,28,29)(H,33,34). The van der Waals surface area contributed by atoms with Gasteiger partial charge in [-0.15, -0.1) is 0 Å². The van der Waals surface area contributed by atoms with Gasteiger partial charge >= 0.3 is 17.9 Å². The van der Waals surface area contributed by atoms with Crippen molar-refractivity contribution in [3.63, 3.8) is 0 Å². The van der Waals surface area contributed by atoms with Crippen molar-refractivity contribution < 1.29 is 48.9 Å². The van der Waals surface area contributed by atoms with E-state index in [1.807, 2.05) is 5.32 Å². The van der Waals surface area contributed by atoms with Crippen molar-refractivity contribution in [2.45, 2.75) is 70.1 Å². The van der Waals surface area contributed by atoms with Crippen LogP contribution in [-0.2, 0) is 33.6 Å². The van der Waals surface area contributed by atoms with Crippen LogP contribution in [0.1, 0.15) is 46.0 Å². The van der Waals surface area contributed by atoms with Gasteiger partial charge in [0.05, 0.1) is 18.9 Å². The first-order valence-electron chi connectivity index (χ1n) is 10.3. The maximum absolute atomic E-state index is 12.7. The van der Waals surface area contributed by atoms with Gasteiger partial charge in [0.25, 0.3) is 0 Å². The van der Waals surface area contributed by atoms with Crippen LogP contribution < -0.4 is 27.4 Å². The minimum absolute atomic E-state index is 0.341. The highest BCUT2D eigenvalue weighted by atomic mass is 16.4. The summed E-state index contributed by atoms with van der Waals surface area (Å²) in [5.41, 5.74) is 10.5. The molecule has 0 rings (SSSR count). The fourth-order valence-corrected chi connectivity index (χ4v) is 2.71. The van der Waals surface area contributed by atoms with E-state index in [9.17, 15) is 38.7 Å². The normalized spacial score (nSPS) is 15.0. The van der Waals surface area contributed by atoms with Crippen LogP contribution in [0.5, 0.6) is 0 Å². The molecule has 0 saturated heterocycles. The van der Waals surface area contributed by atoms with Crippen molar-refractivity contribution in [3.05, 3.63) is 0 Å². The van der Waals surface area contributed by atoms with Crippen molar-refractivity contribution in [1.82, 2.24) is 16.0 Å². The van der Waals surface area contributed by atoms with E-state index in [0.29, 0.717) is 6.42 Å². The van der Waals surface area contributed by atoms with Gasteiger partial charge in [0.1, 0.15) is 18.1 Å². The van der Waals surface area contributed by atoms with E-state index in [4.69, 9.17) is 21.7 Å². The molecule has 10 N–H and O–H groups in total. The molecule has 0 aliphatic heterocycles. The predicted octanol–water partition coefficient (Wildman–Crippen LogP) is -2.89. The van der Waals surface area contributed by atoms with Gasteiger partial charge in [-0.3, -0.25) is 28.8 Å².